The van der Waals surface area contributed by atoms with Gasteiger partial charge in [0.05, 0.1) is 16.9 Å². The van der Waals surface area contributed by atoms with Crippen molar-refractivity contribution in [2.75, 3.05) is 5.32 Å². The number of aromatic nitrogens is 5. The second-order valence-electron chi connectivity index (χ2n) is 4.85. The predicted molar refractivity (Wildman–Crippen MR) is 80.7 cm³/mol. The van der Waals surface area contributed by atoms with Crippen molar-refractivity contribution in [2.24, 2.45) is 7.05 Å². The minimum atomic E-state index is 0.274. The minimum absolute atomic E-state index is 0.274. The predicted octanol–water partition coefficient (Wildman–Crippen LogP) is 2.27. The molecule has 3 aromatic heterocycles. The molecule has 0 saturated carbocycles. The maximum atomic E-state index is 4.54. The van der Waals surface area contributed by atoms with Crippen LogP contribution in [-0.4, -0.2) is 30.4 Å². The van der Waals surface area contributed by atoms with Crippen molar-refractivity contribution in [1.29, 1.82) is 0 Å². The number of nitrogens with one attached hydrogen (secondary N) is 1. The van der Waals surface area contributed by atoms with Gasteiger partial charge in [-0.2, -0.15) is 10.2 Å². The number of fused-ring (bicyclic) bond motifs is 1. The zero-order valence-corrected chi connectivity index (χ0v) is 12.9. The average molecular weight is 335 g/mol. The Bertz CT molecular complexity index is 731. The molecule has 0 bridgehead atoms. The smallest absolute Gasteiger partial charge is 0.171 e. The van der Waals surface area contributed by atoms with Gasteiger partial charge < -0.3 is 5.32 Å². The van der Waals surface area contributed by atoms with Gasteiger partial charge in [-0.3, -0.25) is 4.68 Å². The maximum Gasteiger partial charge on any atom is 0.171 e. The van der Waals surface area contributed by atoms with E-state index in [1.54, 1.807) is 10.7 Å². The highest BCUT2D eigenvalue weighted by Gasteiger charge is 2.08. The SMILES string of the molecule is CC(Cc1cnn(C)c1)Nc1ccn2ncc(Br)c2n1. The molecule has 0 saturated heterocycles. The number of halogens is 1. The van der Waals surface area contributed by atoms with Crippen molar-refractivity contribution in [1.82, 2.24) is 24.4 Å². The summed E-state index contributed by atoms with van der Waals surface area (Å²) in [6, 6.07) is 2.20. The lowest BCUT2D eigenvalue weighted by atomic mass is 10.1. The Labute approximate surface area is 124 Å². The van der Waals surface area contributed by atoms with E-state index in [0.29, 0.717) is 0 Å². The summed E-state index contributed by atoms with van der Waals surface area (Å²) in [4.78, 5) is 4.54. The van der Waals surface area contributed by atoms with E-state index in [4.69, 9.17) is 0 Å². The summed E-state index contributed by atoms with van der Waals surface area (Å²) in [6.07, 6.45) is 8.46. The van der Waals surface area contributed by atoms with Gasteiger partial charge in [0, 0.05) is 25.5 Å². The molecule has 20 heavy (non-hydrogen) atoms. The molecule has 0 aliphatic heterocycles. The van der Waals surface area contributed by atoms with E-state index in [-0.39, 0.29) is 6.04 Å². The molecule has 3 rings (SSSR count). The molecule has 7 heteroatoms. The summed E-state index contributed by atoms with van der Waals surface area (Å²) in [5, 5.41) is 11.8. The van der Waals surface area contributed by atoms with Gasteiger partial charge in [-0.1, -0.05) is 0 Å². The number of anilines is 1. The fraction of sp³-hybridized carbons (Fsp3) is 0.308. The van der Waals surface area contributed by atoms with Crippen LogP contribution < -0.4 is 5.32 Å². The van der Waals surface area contributed by atoms with Crippen LogP contribution in [0.5, 0.6) is 0 Å². The van der Waals surface area contributed by atoms with Crippen LogP contribution >= 0.6 is 15.9 Å². The molecule has 0 amide bonds. The van der Waals surface area contributed by atoms with Crippen LogP contribution in [0.25, 0.3) is 5.65 Å². The summed E-state index contributed by atoms with van der Waals surface area (Å²) in [5.41, 5.74) is 2.02. The molecule has 104 valence electrons. The van der Waals surface area contributed by atoms with Gasteiger partial charge in [-0.15, -0.1) is 0 Å². The lowest BCUT2D eigenvalue weighted by molar-refractivity contribution is 0.760. The van der Waals surface area contributed by atoms with Crippen LogP contribution in [0.3, 0.4) is 0 Å². The second-order valence-corrected chi connectivity index (χ2v) is 5.70. The van der Waals surface area contributed by atoms with Gasteiger partial charge in [0.1, 0.15) is 5.82 Å². The molecule has 3 aromatic rings. The monoisotopic (exact) mass is 334 g/mol. The van der Waals surface area contributed by atoms with Crippen molar-refractivity contribution in [3.8, 4) is 0 Å². The summed E-state index contributed by atoms with van der Waals surface area (Å²) in [6.45, 7) is 2.13. The van der Waals surface area contributed by atoms with E-state index >= 15 is 0 Å². The van der Waals surface area contributed by atoms with Crippen LogP contribution in [0.4, 0.5) is 5.82 Å². The lowest BCUT2D eigenvalue weighted by Gasteiger charge is -2.13. The summed E-state index contributed by atoms with van der Waals surface area (Å²) < 4.78 is 4.44. The van der Waals surface area contributed by atoms with Gasteiger partial charge in [0.25, 0.3) is 0 Å². The highest BCUT2D eigenvalue weighted by atomic mass is 79.9. The molecule has 0 spiro atoms. The van der Waals surface area contributed by atoms with Gasteiger partial charge in [0.15, 0.2) is 5.65 Å². The number of nitrogens with zero attached hydrogens (tertiary/aromatic N) is 5. The third kappa shape index (κ3) is 2.67. The Morgan fingerprint density at radius 2 is 2.20 bits per heavy atom. The third-order valence-corrected chi connectivity index (χ3v) is 3.58. The van der Waals surface area contributed by atoms with Crippen molar-refractivity contribution >= 4 is 27.4 Å². The summed E-state index contributed by atoms with van der Waals surface area (Å²) >= 11 is 3.44. The van der Waals surface area contributed by atoms with E-state index in [1.807, 2.05) is 36.4 Å². The zero-order chi connectivity index (χ0) is 14.1. The third-order valence-electron chi connectivity index (χ3n) is 3.02. The number of hydrogen-bond donors (Lipinski definition) is 1. The van der Waals surface area contributed by atoms with Crippen LogP contribution in [-0.2, 0) is 13.5 Å². The maximum absolute atomic E-state index is 4.54. The number of hydrogen-bond acceptors (Lipinski definition) is 4. The fourth-order valence-electron chi connectivity index (χ4n) is 2.16. The first kappa shape index (κ1) is 13.1. The van der Waals surface area contributed by atoms with Crippen LogP contribution in [0.1, 0.15) is 12.5 Å². The fourth-order valence-corrected chi connectivity index (χ4v) is 2.52. The largest absolute Gasteiger partial charge is 0.367 e. The van der Waals surface area contributed by atoms with Crippen LogP contribution in [0, 0.1) is 0 Å². The van der Waals surface area contributed by atoms with Crippen LogP contribution in [0.2, 0.25) is 0 Å². The van der Waals surface area contributed by atoms with Crippen molar-refractivity contribution in [3.05, 3.63) is 40.9 Å². The number of rotatable bonds is 4. The molecule has 3 heterocycles. The standard InChI is InChI=1S/C13H15BrN6/c1-9(5-10-6-15-19(2)8-10)17-12-3-4-20-13(18-12)11(14)7-16-20/h3-4,6-9H,5H2,1-2H3,(H,17,18). The molecule has 1 N–H and O–H groups in total. The summed E-state index contributed by atoms with van der Waals surface area (Å²) in [7, 11) is 1.92. The zero-order valence-electron chi connectivity index (χ0n) is 11.3. The normalized spacial score (nSPS) is 12.8. The molecule has 0 fully saturated rings. The minimum Gasteiger partial charge on any atom is -0.367 e. The average Bonchev–Trinajstić information content (AvgIpc) is 2.97. The van der Waals surface area contributed by atoms with E-state index in [2.05, 4.69) is 43.4 Å². The first-order valence-electron chi connectivity index (χ1n) is 6.36. The van der Waals surface area contributed by atoms with Crippen molar-refractivity contribution < 1.29 is 0 Å². The Morgan fingerprint density at radius 1 is 1.35 bits per heavy atom. The highest BCUT2D eigenvalue weighted by Crippen LogP contribution is 2.17. The first-order valence-corrected chi connectivity index (χ1v) is 7.15. The molecule has 1 unspecified atom stereocenters. The first-order chi connectivity index (χ1) is 9.61. The Balaban J connectivity index is 1.73. The molecule has 0 aromatic carbocycles. The van der Waals surface area contributed by atoms with Crippen LogP contribution in [0.15, 0.2) is 35.3 Å². The molecular formula is C13H15BrN6. The highest BCUT2D eigenvalue weighted by molar-refractivity contribution is 9.10. The topological polar surface area (TPSA) is 60.0 Å². The van der Waals surface area contributed by atoms with Gasteiger partial charge >= 0.3 is 0 Å². The molecule has 0 aliphatic rings. The Kier molecular flexibility index (Phi) is 3.43. The van der Waals surface area contributed by atoms with E-state index in [1.165, 1.54) is 5.56 Å². The van der Waals surface area contributed by atoms with Crippen molar-refractivity contribution in [2.45, 2.75) is 19.4 Å². The number of aryl methyl sites for hydroxylation is 1. The van der Waals surface area contributed by atoms with Gasteiger partial charge in [0.2, 0.25) is 0 Å². The van der Waals surface area contributed by atoms with E-state index in [9.17, 15) is 0 Å². The quantitative estimate of drug-likeness (QED) is 0.795. The molecule has 0 aliphatic carbocycles. The second kappa shape index (κ2) is 5.24. The summed E-state index contributed by atoms with van der Waals surface area (Å²) in [5.74, 6) is 0.843. The molecule has 0 radical (unpaired) electrons. The van der Waals surface area contributed by atoms with Gasteiger partial charge in [-0.25, -0.2) is 9.50 Å². The molecule has 6 nitrogen and oxygen atoms in total. The van der Waals surface area contributed by atoms with E-state index < -0.39 is 0 Å². The molecule has 1 atom stereocenters. The van der Waals surface area contributed by atoms with Crippen molar-refractivity contribution in [3.63, 3.8) is 0 Å². The molecular weight excluding hydrogens is 320 g/mol. The van der Waals surface area contributed by atoms with Gasteiger partial charge in [-0.05, 0) is 40.9 Å². The Morgan fingerprint density at radius 3 is 2.95 bits per heavy atom. The Hall–Kier alpha value is -1.89. The lowest BCUT2D eigenvalue weighted by Crippen LogP contribution is -2.18. The van der Waals surface area contributed by atoms with E-state index in [0.717, 1.165) is 22.4 Å².